The quantitative estimate of drug-likeness (QED) is 0.0574. The maximum absolute atomic E-state index is 16.4. The van der Waals surface area contributed by atoms with Gasteiger partial charge in [0.1, 0.15) is 0 Å². The largest absolute Gasteiger partial charge is 0.400 e. The minimum absolute atomic E-state index is 0.0444. The first-order valence-corrected chi connectivity index (χ1v) is 20.0. The maximum Gasteiger partial charge on any atom is 0.400 e. The molecule has 0 bridgehead atoms. The molecule has 0 heterocycles. The average Bonchev–Trinajstić information content (AvgIpc) is 2.94. The fraction of sp³-hybridized carbons (Fsp3) is 1.00. The Morgan fingerprint density at radius 2 is 0.762 bits per heavy atom. The van der Waals surface area contributed by atoms with Crippen LogP contribution < -0.4 is 0 Å². The van der Waals surface area contributed by atoms with E-state index in [0.29, 0.717) is 19.3 Å². The highest BCUT2D eigenvalue weighted by molar-refractivity contribution is 7.80. The predicted molar refractivity (Wildman–Crippen MR) is 180 cm³/mol. The van der Waals surface area contributed by atoms with E-state index in [-0.39, 0.29) is 6.42 Å². The van der Waals surface area contributed by atoms with Crippen molar-refractivity contribution in [2.75, 3.05) is 0 Å². The monoisotopic (exact) mass is 621 g/mol. The molecule has 0 aliphatic carbocycles. The Bertz CT molecular complexity index is 657. The summed E-state index contributed by atoms with van der Waals surface area (Å²) in [5.41, 5.74) is 0. The Balaban J connectivity index is 4.81. The van der Waals surface area contributed by atoms with E-state index in [9.17, 15) is 13.0 Å². The zero-order chi connectivity index (χ0) is 31.2. The number of hydrogen-bond donors (Lipinski definition) is 1. The maximum atomic E-state index is 16.4. The van der Waals surface area contributed by atoms with Crippen molar-refractivity contribution in [3.05, 3.63) is 0 Å². The average molecular weight is 621 g/mol. The van der Waals surface area contributed by atoms with Gasteiger partial charge in [0, 0.05) is 12.3 Å². The van der Waals surface area contributed by atoms with Gasteiger partial charge < -0.3 is 0 Å². The normalized spacial score (nSPS) is 14.3. The van der Waals surface area contributed by atoms with Gasteiger partial charge in [-0.1, -0.05) is 194 Å². The van der Waals surface area contributed by atoms with Crippen LogP contribution in [0.25, 0.3) is 0 Å². The summed E-state index contributed by atoms with van der Waals surface area (Å²) in [6.45, 7) is 6.70. The topological polar surface area (TPSA) is 63.6 Å². The Kier molecular flexibility index (Phi) is 29.4. The molecule has 0 saturated carbocycles. The summed E-state index contributed by atoms with van der Waals surface area (Å²) >= 11 is 0. The van der Waals surface area contributed by atoms with Gasteiger partial charge >= 0.3 is 10.4 Å². The third-order valence-corrected chi connectivity index (χ3v) is 9.52. The van der Waals surface area contributed by atoms with E-state index in [0.717, 1.165) is 57.8 Å². The van der Waals surface area contributed by atoms with E-state index in [4.69, 9.17) is 4.18 Å². The third kappa shape index (κ3) is 27.4. The van der Waals surface area contributed by atoms with Crippen LogP contribution in [-0.4, -0.2) is 18.8 Å². The molecule has 0 aromatic heterocycles. The molecule has 0 radical (unpaired) electrons. The van der Waals surface area contributed by atoms with Gasteiger partial charge in [-0.15, -0.1) is 0 Å². The summed E-state index contributed by atoms with van der Waals surface area (Å²) in [4.78, 5) is 0. The molecule has 6 heteroatoms. The van der Waals surface area contributed by atoms with Crippen LogP contribution in [0.2, 0.25) is 0 Å². The highest BCUT2D eigenvalue weighted by Crippen LogP contribution is 2.38. The molecule has 0 rings (SSSR count). The van der Waals surface area contributed by atoms with Crippen molar-refractivity contribution < 1.29 is 21.5 Å². The van der Waals surface area contributed by atoms with Crippen LogP contribution in [0.15, 0.2) is 0 Å². The predicted octanol–water partition coefficient (Wildman–Crippen LogP) is 13.2. The van der Waals surface area contributed by atoms with Crippen LogP contribution in [0, 0.1) is 5.92 Å². The molecule has 0 spiro atoms. The smallest absolute Gasteiger partial charge is 0.263 e. The highest BCUT2D eigenvalue weighted by atomic mass is 32.3. The minimum Gasteiger partial charge on any atom is -0.263 e. The molecule has 254 valence electrons. The number of alkyl halides is 1. The zero-order valence-corrected chi connectivity index (χ0v) is 29.3. The van der Waals surface area contributed by atoms with Gasteiger partial charge in [0.05, 0.1) is 0 Å². The van der Waals surface area contributed by atoms with E-state index in [1.54, 1.807) is 0 Å². The van der Waals surface area contributed by atoms with Crippen molar-refractivity contribution in [1.82, 2.24) is 0 Å². The van der Waals surface area contributed by atoms with E-state index in [2.05, 4.69) is 20.8 Å². The Morgan fingerprint density at radius 3 is 1.05 bits per heavy atom. The summed E-state index contributed by atoms with van der Waals surface area (Å²) < 4.78 is 54.4. The number of rotatable bonds is 34. The van der Waals surface area contributed by atoms with Crippen LogP contribution in [0.1, 0.15) is 220 Å². The van der Waals surface area contributed by atoms with Crippen LogP contribution in [0.4, 0.5) is 4.39 Å². The summed E-state index contributed by atoms with van der Waals surface area (Å²) in [6.07, 6.45) is 34.1. The van der Waals surface area contributed by atoms with Crippen molar-refractivity contribution in [3.8, 4) is 0 Å². The Morgan fingerprint density at radius 1 is 0.500 bits per heavy atom. The van der Waals surface area contributed by atoms with E-state index < -0.39 is 22.2 Å². The fourth-order valence-corrected chi connectivity index (χ4v) is 6.89. The molecule has 4 nitrogen and oxygen atoms in total. The van der Waals surface area contributed by atoms with Crippen molar-refractivity contribution in [2.45, 2.75) is 226 Å². The van der Waals surface area contributed by atoms with Gasteiger partial charge in [-0.05, 0) is 19.3 Å². The molecule has 0 aromatic carbocycles. The summed E-state index contributed by atoms with van der Waals surface area (Å²) in [7, 11) is -4.86. The van der Waals surface area contributed by atoms with Crippen molar-refractivity contribution in [1.29, 1.82) is 0 Å². The van der Waals surface area contributed by atoms with Gasteiger partial charge in [-0.2, -0.15) is 8.42 Å². The van der Waals surface area contributed by atoms with Gasteiger partial charge in [-0.3, -0.25) is 4.55 Å². The van der Waals surface area contributed by atoms with Crippen LogP contribution >= 0.6 is 0 Å². The van der Waals surface area contributed by atoms with E-state index in [1.807, 2.05) is 0 Å². The standard InChI is InChI=1S/C36H73FO4S/c1-4-7-10-13-16-19-21-24-27-30-33-35(32-29-26-23-18-15-12-9-6-3)36(37,41-42(38,39)40)34-31-28-25-22-20-17-14-11-8-5-2/h35H,4-34H2,1-3H3,(H,38,39,40). The SMILES string of the molecule is CCCCCCCCCCCCC(CCCCCCCCCC)C(F)(CCCCCCCCCCCC)OS(=O)(=O)O. The molecule has 0 saturated heterocycles. The third-order valence-electron chi connectivity index (χ3n) is 9.04. The number of halogens is 1. The summed E-state index contributed by atoms with van der Waals surface area (Å²) in [5, 5.41) is 0. The molecule has 0 aliphatic heterocycles. The van der Waals surface area contributed by atoms with Crippen molar-refractivity contribution in [3.63, 3.8) is 0 Å². The van der Waals surface area contributed by atoms with Crippen molar-refractivity contribution in [2.24, 2.45) is 5.92 Å². The first-order chi connectivity index (χ1) is 20.3. The molecule has 42 heavy (non-hydrogen) atoms. The lowest BCUT2D eigenvalue weighted by Gasteiger charge is -2.32. The first-order valence-electron chi connectivity index (χ1n) is 18.7. The summed E-state index contributed by atoms with van der Waals surface area (Å²) in [6, 6.07) is 0. The van der Waals surface area contributed by atoms with Crippen molar-refractivity contribution >= 4 is 10.4 Å². The van der Waals surface area contributed by atoms with Crippen LogP contribution in [-0.2, 0) is 14.6 Å². The Labute approximate surface area is 263 Å². The number of unbranched alkanes of at least 4 members (excludes halogenated alkanes) is 25. The Hall–Kier alpha value is -0.200. The second-order valence-corrected chi connectivity index (χ2v) is 14.2. The second-order valence-electron chi connectivity index (χ2n) is 13.2. The molecule has 0 fully saturated rings. The molecule has 1 N–H and O–H groups in total. The molecule has 0 aliphatic rings. The molecule has 0 aromatic rings. The fourth-order valence-electron chi connectivity index (χ4n) is 6.32. The van der Waals surface area contributed by atoms with Gasteiger partial charge in [0.15, 0.2) is 0 Å². The van der Waals surface area contributed by atoms with Gasteiger partial charge in [0.25, 0.3) is 0 Å². The first kappa shape index (κ1) is 41.8. The lowest BCUT2D eigenvalue weighted by molar-refractivity contribution is -0.125. The van der Waals surface area contributed by atoms with Crippen LogP contribution in [0.3, 0.4) is 0 Å². The molecule has 2 atom stereocenters. The van der Waals surface area contributed by atoms with Gasteiger partial charge in [0.2, 0.25) is 5.85 Å². The lowest BCUT2D eigenvalue weighted by atomic mass is 9.85. The van der Waals surface area contributed by atoms with Crippen LogP contribution in [0.5, 0.6) is 0 Å². The van der Waals surface area contributed by atoms with E-state index in [1.165, 1.54) is 116 Å². The summed E-state index contributed by atoms with van der Waals surface area (Å²) in [5.74, 6) is -2.80. The number of hydrogen-bond acceptors (Lipinski definition) is 3. The second kappa shape index (κ2) is 29.5. The molecular formula is C36H73FO4S. The minimum atomic E-state index is -4.86. The van der Waals surface area contributed by atoms with E-state index >= 15 is 4.39 Å². The molecule has 0 amide bonds. The highest BCUT2D eigenvalue weighted by Gasteiger charge is 2.43. The molecular weight excluding hydrogens is 547 g/mol. The lowest BCUT2D eigenvalue weighted by Crippen LogP contribution is -2.38. The molecule has 2 unspecified atom stereocenters. The van der Waals surface area contributed by atoms with Gasteiger partial charge in [-0.25, -0.2) is 8.57 Å². The zero-order valence-electron chi connectivity index (χ0n) is 28.5.